The first-order valence-electron chi connectivity index (χ1n) is 12.3. The van der Waals surface area contributed by atoms with Crippen molar-refractivity contribution in [1.29, 1.82) is 0 Å². The number of ether oxygens (including phenoxy) is 2. The van der Waals surface area contributed by atoms with E-state index in [-0.39, 0.29) is 18.1 Å². The number of rotatable bonds is 8. The van der Waals surface area contributed by atoms with Crippen molar-refractivity contribution in [2.24, 2.45) is 0 Å². The van der Waals surface area contributed by atoms with Gasteiger partial charge in [0, 0.05) is 42.0 Å². The van der Waals surface area contributed by atoms with Crippen LogP contribution in [-0.2, 0) is 13.0 Å². The number of hydrogen-bond acceptors (Lipinski definition) is 8. The molecule has 0 radical (unpaired) electrons. The van der Waals surface area contributed by atoms with Crippen molar-refractivity contribution < 1.29 is 19.1 Å². The lowest BCUT2D eigenvalue weighted by molar-refractivity contribution is 0.0964. The molecular formula is C29H24N6O4. The fourth-order valence-corrected chi connectivity index (χ4v) is 4.62. The third-order valence-electron chi connectivity index (χ3n) is 6.56. The standard InChI is InChI=1S/C29H24N6O4/c1-38-25-8-9-26(33-29(25)39-2)32-23-15-22(34-35-11-10-30-27(23)35)18-4-3-5-19(14-18)24(36)13-17-6-7-21-20(12-17)16-31-28(21)37/h3-12,14-15H,13,16H2,1-2H3,(H,31,37)(H,32,33). The summed E-state index contributed by atoms with van der Waals surface area (Å²) in [5, 5.41) is 10.8. The van der Waals surface area contributed by atoms with Gasteiger partial charge in [0.15, 0.2) is 17.2 Å². The van der Waals surface area contributed by atoms with Gasteiger partial charge in [-0.3, -0.25) is 9.59 Å². The van der Waals surface area contributed by atoms with Crippen molar-refractivity contribution >= 4 is 28.8 Å². The van der Waals surface area contributed by atoms with Crippen LogP contribution < -0.4 is 20.1 Å². The number of nitrogens with zero attached hydrogens (tertiary/aromatic N) is 4. The number of carbonyl (C=O) groups is 2. The molecular weight excluding hydrogens is 496 g/mol. The first-order chi connectivity index (χ1) is 19.0. The van der Waals surface area contributed by atoms with Gasteiger partial charge in [0.05, 0.1) is 25.6 Å². The largest absolute Gasteiger partial charge is 0.491 e. The molecule has 0 bridgehead atoms. The summed E-state index contributed by atoms with van der Waals surface area (Å²) in [4.78, 5) is 33.9. The number of nitrogens with one attached hydrogen (secondary N) is 2. The fraction of sp³-hybridized carbons (Fsp3) is 0.138. The molecule has 1 amide bonds. The quantitative estimate of drug-likeness (QED) is 0.292. The van der Waals surface area contributed by atoms with E-state index in [0.717, 1.165) is 16.7 Å². The number of pyridine rings is 1. The molecule has 0 atom stereocenters. The normalized spacial score (nSPS) is 12.2. The molecule has 0 aliphatic carbocycles. The van der Waals surface area contributed by atoms with Gasteiger partial charge in [0.1, 0.15) is 5.82 Å². The van der Waals surface area contributed by atoms with Crippen molar-refractivity contribution in [1.82, 2.24) is 24.9 Å². The van der Waals surface area contributed by atoms with E-state index in [9.17, 15) is 9.59 Å². The van der Waals surface area contributed by atoms with Crippen LogP contribution in [0.5, 0.6) is 11.6 Å². The number of hydrogen-bond donors (Lipinski definition) is 2. The van der Waals surface area contributed by atoms with Crippen LogP contribution in [0.25, 0.3) is 16.9 Å². The molecule has 4 heterocycles. The number of aromatic nitrogens is 4. The molecule has 2 N–H and O–H groups in total. The number of imidazole rings is 1. The van der Waals surface area contributed by atoms with Crippen LogP contribution in [0.15, 0.2) is 73.1 Å². The molecule has 5 aromatic rings. The first-order valence-corrected chi connectivity index (χ1v) is 12.3. The minimum Gasteiger partial charge on any atom is -0.491 e. The Hall–Kier alpha value is -5.25. The average Bonchev–Trinajstić information content (AvgIpc) is 3.59. The Morgan fingerprint density at radius 3 is 2.82 bits per heavy atom. The van der Waals surface area contributed by atoms with Crippen molar-refractivity contribution in [2.45, 2.75) is 13.0 Å². The highest BCUT2D eigenvalue weighted by atomic mass is 16.5. The van der Waals surface area contributed by atoms with Gasteiger partial charge >= 0.3 is 0 Å². The van der Waals surface area contributed by atoms with Gasteiger partial charge in [-0.05, 0) is 41.5 Å². The number of carbonyl (C=O) groups excluding carboxylic acids is 2. The summed E-state index contributed by atoms with van der Waals surface area (Å²) in [6.45, 7) is 0.489. The van der Waals surface area contributed by atoms with E-state index in [2.05, 4.69) is 20.6 Å². The zero-order chi connectivity index (χ0) is 26.9. The third kappa shape index (κ3) is 4.63. The Labute approximate surface area is 223 Å². The van der Waals surface area contributed by atoms with E-state index in [1.165, 1.54) is 7.11 Å². The number of benzene rings is 2. The van der Waals surface area contributed by atoms with Crippen molar-refractivity contribution in [3.05, 3.63) is 95.3 Å². The number of Topliss-reactive ketones (excluding diaryl/α,β-unsaturated/α-hetero) is 1. The van der Waals surface area contributed by atoms with Crippen LogP contribution in [0.2, 0.25) is 0 Å². The molecule has 0 unspecified atom stereocenters. The van der Waals surface area contributed by atoms with Crippen molar-refractivity contribution in [3.8, 4) is 22.9 Å². The summed E-state index contributed by atoms with van der Waals surface area (Å²) in [6, 6.07) is 18.3. The van der Waals surface area contributed by atoms with Gasteiger partial charge in [-0.1, -0.05) is 30.3 Å². The first kappa shape index (κ1) is 24.1. The van der Waals surface area contributed by atoms with Crippen molar-refractivity contribution in [2.75, 3.05) is 19.5 Å². The smallest absolute Gasteiger partial charge is 0.258 e. The summed E-state index contributed by atoms with van der Waals surface area (Å²) in [5.41, 5.74) is 5.76. The van der Waals surface area contributed by atoms with E-state index in [0.29, 0.717) is 52.1 Å². The maximum Gasteiger partial charge on any atom is 0.258 e. The molecule has 0 spiro atoms. The maximum atomic E-state index is 13.2. The van der Waals surface area contributed by atoms with Crippen LogP contribution in [-0.4, -0.2) is 45.5 Å². The fourth-order valence-electron chi connectivity index (χ4n) is 4.62. The topological polar surface area (TPSA) is 120 Å². The summed E-state index contributed by atoms with van der Waals surface area (Å²) >= 11 is 0. The molecule has 3 aromatic heterocycles. The van der Waals surface area contributed by atoms with Crippen LogP contribution in [0.4, 0.5) is 11.5 Å². The summed E-state index contributed by atoms with van der Waals surface area (Å²) in [6.07, 6.45) is 3.66. The lowest BCUT2D eigenvalue weighted by Crippen LogP contribution is -2.12. The lowest BCUT2D eigenvalue weighted by Gasteiger charge is -2.12. The summed E-state index contributed by atoms with van der Waals surface area (Å²) in [7, 11) is 3.09. The van der Waals surface area contributed by atoms with E-state index < -0.39 is 0 Å². The highest BCUT2D eigenvalue weighted by Gasteiger charge is 2.19. The maximum absolute atomic E-state index is 13.2. The molecule has 0 saturated heterocycles. The Morgan fingerprint density at radius 1 is 1.08 bits per heavy atom. The second-order valence-electron chi connectivity index (χ2n) is 9.03. The highest BCUT2D eigenvalue weighted by molar-refractivity contribution is 6.00. The van der Waals surface area contributed by atoms with Crippen LogP contribution >= 0.6 is 0 Å². The van der Waals surface area contributed by atoms with Crippen LogP contribution in [0.1, 0.15) is 31.8 Å². The zero-order valence-corrected chi connectivity index (χ0v) is 21.3. The number of ketones is 1. The molecule has 0 saturated carbocycles. The Bertz CT molecular complexity index is 1750. The molecule has 0 fully saturated rings. The van der Waals surface area contributed by atoms with Crippen LogP contribution in [0.3, 0.4) is 0 Å². The van der Waals surface area contributed by atoms with E-state index >= 15 is 0 Å². The summed E-state index contributed by atoms with van der Waals surface area (Å²) in [5.74, 6) is 1.33. The average molecular weight is 521 g/mol. The third-order valence-corrected chi connectivity index (χ3v) is 6.56. The number of fused-ring (bicyclic) bond motifs is 2. The van der Waals surface area contributed by atoms with Gasteiger partial charge in [0.25, 0.3) is 11.8 Å². The molecule has 6 rings (SSSR count). The molecule has 10 nitrogen and oxygen atoms in total. The van der Waals surface area contributed by atoms with E-state index in [1.807, 2.05) is 36.4 Å². The van der Waals surface area contributed by atoms with Gasteiger partial charge in [-0.15, -0.1) is 0 Å². The predicted octanol–water partition coefficient (Wildman–Crippen LogP) is 4.22. The van der Waals surface area contributed by atoms with Gasteiger partial charge in [0.2, 0.25) is 0 Å². The molecule has 1 aliphatic heterocycles. The molecule has 10 heteroatoms. The summed E-state index contributed by atoms with van der Waals surface area (Å²) < 4.78 is 12.3. The van der Waals surface area contributed by atoms with Crippen molar-refractivity contribution in [3.63, 3.8) is 0 Å². The molecule has 39 heavy (non-hydrogen) atoms. The Kier molecular flexibility index (Phi) is 6.12. The Balaban J connectivity index is 1.29. The van der Waals surface area contributed by atoms with Crippen LogP contribution in [0, 0.1) is 0 Å². The van der Waals surface area contributed by atoms with Gasteiger partial charge in [-0.25, -0.2) is 9.50 Å². The minimum absolute atomic E-state index is 0.0225. The number of methoxy groups -OCH3 is 2. The number of amides is 1. The van der Waals surface area contributed by atoms with E-state index in [1.54, 1.807) is 48.3 Å². The Morgan fingerprint density at radius 2 is 1.97 bits per heavy atom. The minimum atomic E-state index is -0.0753. The number of anilines is 2. The van der Waals surface area contributed by atoms with E-state index in [4.69, 9.17) is 14.6 Å². The molecule has 194 valence electrons. The van der Waals surface area contributed by atoms with Gasteiger partial charge in [-0.2, -0.15) is 10.1 Å². The molecule has 2 aromatic carbocycles. The van der Waals surface area contributed by atoms with Gasteiger partial charge < -0.3 is 20.1 Å². The second-order valence-corrected chi connectivity index (χ2v) is 9.03. The lowest BCUT2D eigenvalue weighted by atomic mass is 9.98. The zero-order valence-electron chi connectivity index (χ0n) is 21.3. The second kappa shape index (κ2) is 9.90. The monoisotopic (exact) mass is 520 g/mol. The highest BCUT2D eigenvalue weighted by Crippen LogP contribution is 2.30. The SMILES string of the molecule is COc1ccc(Nc2cc(-c3cccc(C(=O)Cc4ccc5c(c4)CNC5=O)c3)nn3ccnc23)nc1OC. The predicted molar refractivity (Wildman–Crippen MR) is 145 cm³/mol. The molecule has 1 aliphatic rings.